The molecule has 2 rings (SSSR count). The lowest BCUT2D eigenvalue weighted by Crippen LogP contribution is -2.42. The summed E-state index contributed by atoms with van der Waals surface area (Å²) in [6.45, 7) is 1.47. The number of amides is 1. The van der Waals surface area contributed by atoms with Crippen molar-refractivity contribution < 1.29 is 22.0 Å². The second-order valence-electron chi connectivity index (χ2n) is 4.41. The van der Waals surface area contributed by atoms with Gasteiger partial charge in [0.15, 0.2) is 11.6 Å². The fourth-order valence-electron chi connectivity index (χ4n) is 1.76. The highest BCUT2D eigenvalue weighted by Gasteiger charge is 2.22. The Balaban J connectivity index is 2.17. The number of hydrogen-bond acceptors (Lipinski definition) is 4. The smallest absolute Gasteiger partial charge is 0.269 e. The SMILES string of the molecule is Cc1nn(C)cc1S(=O)(=O)NNC(=O)c1cccc(F)c1F. The number of nitrogens with one attached hydrogen (secondary N) is 2. The van der Waals surface area contributed by atoms with Gasteiger partial charge in [-0.25, -0.2) is 17.2 Å². The van der Waals surface area contributed by atoms with E-state index in [1.54, 1.807) is 4.83 Å². The number of rotatable bonds is 4. The molecule has 0 spiro atoms. The van der Waals surface area contributed by atoms with Crippen LogP contribution >= 0.6 is 0 Å². The summed E-state index contributed by atoms with van der Waals surface area (Å²) < 4.78 is 51.8. The molecule has 0 radical (unpaired) electrons. The maximum absolute atomic E-state index is 13.4. The number of aryl methyl sites for hydroxylation is 2. The Labute approximate surface area is 125 Å². The minimum Gasteiger partial charge on any atom is -0.274 e. The van der Waals surface area contributed by atoms with Crippen LogP contribution in [0.15, 0.2) is 29.3 Å². The molecule has 1 aromatic heterocycles. The molecule has 2 aromatic rings. The van der Waals surface area contributed by atoms with Crippen LogP contribution in [0.1, 0.15) is 16.1 Å². The summed E-state index contributed by atoms with van der Waals surface area (Å²) in [6.07, 6.45) is 1.24. The van der Waals surface area contributed by atoms with Gasteiger partial charge in [-0.2, -0.15) is 5.10 Å². The molecular weight excluding hydrogens is 318 g/mol. The van der Waals surface area contributed by atoms with Crippen LogP contribution < -0.4 is 10.3 Å². The molecule has 1 amide bonds. The van der Waals surface area contributed by atoms with Crippen molar-refractivity contribution in [3.05, 3.63) is 47.3 Å². The lowest BCUT2D eigenvalue weighted by molar-refractivity contribution is 0.0940. The average Bonchev–Trinajstić information content (AvgIpc) is 2.79. The van der Waals surface area contributed by atoms with Gasteiger partial charge >= 0.3 is 0 Å². The van der Waals surface area contributed by atoms with Crippen molar-refractivity contribution in [1.82, 2.24) is 20.0 Å². The average molecular weight is 330 g/mol. The van der Waals surface area contributed by atoms with Gasteiger partial charge in [-0.3, -0.25) is 14.9 Å². The van der Waals surface area contributed by atoms with E-state index in [2.05, 4.69) is 5.10 Å². The summed E-state index contributed by atoms with van der Waals surface area (Å²) >= 11 is 0. The summed E-state index contributed by atoms with van der Waals surface area (Å²) in [6, 6.07) is 3.00. The zero-order valence-electron chi connectivity index (χ0n) is 11.6. The van der Waals surface area contributed by atoms with Gasteiger partial charge in [0.1, 0.15) is 4.90 Å². The number of hydrazine groups is 1. The van der Waals surface area contributed by atoms with E-state index in [0.717, 1.165) is 18.2 Å². The molecule has 2 N–H and O–H groups in total. The molecule has 0 unspecified atom stereocenters. The number of benzene rings is 1. The lowest BCUT2D eigenvalue weighted by atomic mass is 10.2. The molecule has 0 atom stereocenters. The van der Waals surface area contributed by atoms with E-state index >= 15 is 0 Å². The highest BCUT2D eigenvalue weighted by molar-refractivity contribution is 7.89. The summed E-state index contributed by atoms with van der Waals surface area (Å²) in [5, 5.41) is 3.86. The van der Waals surface area contributed by atoms with Crippen molar-refractivity contribution in [3.8, 4) is 0 Å². The lowest BCUT2D eigenvalue weighted by Gasteiger charge is -2.08. The predicted octanol–water partition coefficient (Wildman–Crippen LogP) is 0.630. The van der Waals surface area contributed by atoms with Crippen LogP contribution in [0.4, 0.5) is 8.78 Å². The fraction of sp³-hybridized carbons (Fsp3) is 0.167. The van der Waals surface area contributed by atoms with E-state index in [1.165, 1.54) is 24.9 Å². The number of carbonyl (C=O) groups is 1. The first-order chi connectivity index (χ1) is 10.2. The highest BCUT2D eigenvalue weighted by atomic mass is 32.2. The molecule has 0 saturated heterocycles. The molecule has 7 nitrogen and oxygen atoms in total. The molecule has 0 bridgehead atoms. The van der Waals surface area contributed by atoms with Crippen LogP contribution in [0.25, 0.3) is 0 Å². The van der Waals surface area contributed by atoms with Gasteiger partial charge < -0.3 is 0 Å². The first-order valence-corrected chi connectivity index (χ1v) is 7.47. The second-order valence-corrected chi connectivity index (χ2v) is 6.06. The fourth-order valence-corrected chi connectivity index (χ4v) is 2.81. The molecule has 1 aromatic carbocycles. The largest absolute Gasteiger partial charge is 0.274 e. The van der Waals surface area contributed by atoms with E-state index in [4.69, 9.17) is 0 Å². The number of hydrogen-bond donors (Lipinski definition) is 2. The molecular formula is C12H12F2N4O3S. The van der Waals surface area contributed by atoms with Crippen molar-refractivity contribution in [2.24, 2.45) is 7.05 Å². The molecule has 0 aliphatic heterocycles. The van der Waals surface area contributed by atoms with Gasteiger partial charge in [0.05, 0.1) is 11.3 Å². The second kappa shape index (κ2) is 5.81. The van der Waals surface area contributed by atoms with Crippen LogP contribution in [-0.4, -0.2) is 24.1 Å². The molecule has 118 valence electrons. The molecule has 0 aliphatic carbocycles. The standard InChI is InChI=1S/C12H12F2N4O3S/c1-7-10(6-18(2)16-7)22(20,21)17-15-12(19)8-4-3-5-9(13)11(8)14/h3-6,17H,1-2H3,(H,15,19). The topological polar surface area (TPSA) is 93.1 Å². The number of nitrogens with zero attached hydrogens (tertiary/aromatic N) is 2. The molecule has 10 heteroatoms. The van der Waals surface area contributed by atoms with Crippen LogP contribution in [0, 0.1) is 18.6 Å². The van der Waals surface area contributed by atoms with Gasteiger partial charge in [0.25, 0.3) is 15.9 Å². The monoisotopic (exact) mass is 330 g/mol. The Morgan fingerprint density at radius 2 is 2.00 bits per heavy atom. The van der Waals surface area contributed by atoms with Crippen molar-refractivity contribution in [2.75, 3.05) is 0 Å². The third-order valence-electron chi connectivity index (χ3n) is 2.75. The Bertz CT molecular complexity index is 833. The third kappa shape index (κ3) is 3.12. The van der Waals surface area contributed by atoms with Crippen molar-refractivity contribution in [3.63, 3.8) is 0 Å². The molecule has 0 saturated carbocycles. The maximum Gasteiger partial charge on any atom is 0.269 e. The number of sulfonamides is 1. The minimum absolute atomic E-state index is 0.144. The van der Waals surface area contributed by atoms with Crippen LogP contribution in [0.2, 0.25) is 0 Å². The van der Waals surface area contributed by atoms with Crippen LogP contribution in [0.3, 0.4) is 0 Å². The summed E-state index contributed by atoms with van der Waals surface area (Å²) in [5.41, 5.74) is 1.43. The van der Waals surface area contributed by atoms with Crippen molar-refractivity contribution in [1.29, 1.82) is 0 Å². The third-order valence-corrected chi connectivity index (χ3v) is 4.10. The van der Waals surface area contributed by atoms with Crippen LogP contribution in [-0.2, 0) is 17.1 Å². The van der Waals surface area contributed by atoms with Gasteiger partial charge in [0, 0.05) is 13.2 Å². The Morgan fingerprint density at radius 1 is 1.32 bits per heavy atom. The van der Waals surface area contributed by atoms with E-state index in [-0.39, 0.29) is 10.6 Å². The van der Waals surface area contributed by atoms with E-state index in [0.29, 0.717) is 0 Å². The molecule has 0 aliphatic rings. The van der Waals surface area contributed by atoms with E-state index in [1.807, 2.05) is 5.43 Å². The normalized spacial score (nSPS) is 11.5. The van der Waals surface area contributed by atoms with Gasteiger partial charge in [-0.15, -0.1) is 4.83 Å². The number of halogens is 2. The summed E-state index contributed by atoms with van der Waals surface area (Å²) in [5.74, 6) is -3.70. The predicted molar refractivity (Wildman–Crippen MR) is 72.1 cm³/mol. The van der Waals surface area contributed by atoms with Crippen molar-refractivity contribution in [2.45, 2.75) is 11.8 Å². The molecule has 1 heterocycles. The van der Waals surface area contributed by atoms with Crippen LogP contribution in [0.5, 0.6) is 0 Å². The number of carbonyl (C=O) groups excluding carboxylic acids is 1. The Hall–Kier alpha value is -2.33. The first-order valence-electron chi connectivity index (χ1n) is 5.99. The summed E-state index contributed by atoms with van der Waals surface area (Å²) in [7, 11) is -2.54. The zero-order valence-corrected chi connectivity index (χ0v) is 12.4. The maximum atomic E-state index is 13.4. The van der Waals surface area contributed by atoms with E-state index < -0.39 is 33.1 Å². The Kier molecular flexibility index (Phi) is 4.24. The number of aromatic nitrogens is 2. The zero-order chi connectivity index (χ0) is 16.5. The van der Waals surface area contributed by atoms with Gasteiger partial charge in [-0.05, 0) is 19.1 Å². The van der Waals surface area contributed by atoms with E-state index in [9.17, 15) is 22.0 Å². The quantitative estimate of drug-likeness (QED) is 0.804. The summed E-state index contributed by atoms with van der Waals surface area (Å²) in [4.78, 5) is 13.4. The first kappa shape index (κ1) is 16.0. The van der Waals surface area contributed by atoms with Gasteiger partial charge in [0.2, 0.25) is 0 Å². The minimum atomic E-state index is -4.08. The highest BCUT2D eigenvalue weighted by Crippen LogP contribution is 2.13. The van der Waals surface area contributed by atoms with Gasteiger partial charge in [-0.1, -0.05) is 6.07 Å². The Morgan fingerprint density at radius 3 is 2.59 bits per heavy atom. The molecule has 22 heavy (non-hydrogen) atoms. The van der Waals surface area contributed by atoms with Crippen molar-refractivity contribution >= 4 is 15.9 Å². The molecule has 0 fully saturated rings.